The molecule has 5 nitrogen and oxygen atoms in total. The van der Waals surface area contributed by atoms with Gasteiger partial charge in [-0.2, -0.15) is 9.36 Å². The summed E-state index contributed by atoms with van der Waals surface area (Å²) in [6, 6.07) is 5.01. The Labute approximate surface area is 142 Å². The zero-order valence-corrected chi connectivity index (χ0v) is 14.4. The summed E-state index contributed by atoms with van der Waals surface area (Å²) in [7, 11) is 0. The number of rotatable bonds is 3. The zero-order valence-electron chi connectivity index (χ0n) is 12.8. The molecule has 0 unspecified atom stereocenters. The van der Waals surface area contributed by atoms with Crippen LogP contribution >= 0.6 is 23.3 Å². The van der Waals surface area contributed by atoms with Crippen LogP contribution in [0.1, 0.15) is 20.8 Å². The summed E-state index contributed by atoms with van der Waals surface area (Å²) in [4.78, 5) is 16.0. The molecule has 0 aliphatic carbocycles. The number of anilines is 2. The largest absolute Gasteiger partial charge is 0.325 e. The highest BCUT2D eigenvalue weighted by Gasteiger charge is 2.09. The molecule has 0 spiro atoms. The van der Waals surface area contributed by atoms with Gasteiger partial charge < -0.3 is 5.32 Å². The summed E-state index contributed by atoms with van der Waals surface area (Å²) in [5, 5.41) is 8.94. The fourth-order valence-corrected chi connectivity index (χ4v) is 2.69. The fraction of sp³-hybridized carbons (Fsp3) is 0.267. The van der Waals surface area contributed by atoms with Crippen molar-refractivity contribution in [2.45, 2.75) is 25.9 Å². The lowest BCUT2D eigenvalue weighted by atomic mass is 9.99. The number of urea groups is 1. The van der Waals surface area contributed by atoms with Gasteiger partial charge in [-0.05, 0) is 50.3 Å². The van der Waals surface area contributed by atoms with Crippen molar-refractivity contribution < 1.29 is 9.18 Å². The minimum Gasteiger partial charge on any atom is -0.308 e. The number of benzene rings is 1. The van der Waals surface area contributed by atoms with Crippen molar-refractivity contribution in [2.75, 3.05) is 10.6 Å². The minimum absolute atomic E-state index is 0.0842. The first-order valence-corrected chi connectivity index (χ1v) is 8.27. The summed E-state index contributed by atoms with van der Waals surface area (Å²) in [5.74, 6) is 2.70. The number of nitrogens with one attached hydrogen (secondary N) is 2. The van der Waals surface area contributed by atoms with E-state index in [1.54, 1.807) is 0 Å². The Hall–Kier alpha value is -2.11. The van der Waals surface area contributed by atoms with Crippen LogP contribution in [-0.2, 0) is 0 Å². The van der Waals surface area contributed by atoms with E-state index in [0.29, 0.717) is 16.0 Å². The van der Waals surface area contributed by atoms with Crippen molar-refractivity contribution in [1.82, 2.24) is 9.36 Å². The van der Waals surface area contributed by atoms with Crippen molar-refractivity contribution in [3.63, 3.8) is 0 Å². The van der Waals surface area contributed by atoms with E-state index < -0.39 is 6.03 Å². The van der Waals surface area contributed by atoms with Crippen LogP contribution in [0.25, 0.3) is 0 Å². The Balaban J connectivity index is 1.89. The molecule has 8 heteroatoms. The van der Waals surface area contributed by atoms with Crippen molar-refractivity contribution in [3.05, 3.63) is 30.1 Å². The number of hydrogen-bond acceptors (Lipinski definition) is 5. The van der Waals surface area contributed by atoms with Crippen LogP contribution in [-0.4, -0.2) is 15.4 Å². The van der Waals surface area contributed by atoms with Crippen LogP contribution < -0.4 is 10.6 Å². The van der Waals surface area contributed by atoms with E-state index in [-0.39, 0.29) is 11.2 Å². The third-order valence-electron chi connectivity index (χ3n) is 2.30. The molecule has 0 atom stereocenters. The number of carbonyl (C=O) groups is 1. The Kier molecular flexibility index (Phi) is 5.58. The molecule has 0 radical (unpaired) electrons. The van der Waals surface area contributed by atoms with Crippen LogP contribution in [0.4, 0.5) is 20.0 Å². The molecule has 1 aromatic heterocycles. The second-order valence-electron chi connectivity index (χ2n) is 5.55. The van der Waals surface area contributed by atoms with Gasteiger partial charge in [0.2, 0.25) is 10.3 Å². The van der Waals surface area contributed by atoms with Crippen LogP contribution in [0.3, 0.4) is 0 Å². The SMILES string of the molecule is CC(C)(C)C#CSc1nsc(NC(=O)Nc2ccc(F)cc2)n1. The Bertz CT molecular complexity index is 741. The summed E-state index contributed by atoms with van der Waals surface area (Å²) in [6.45, 7) is 6.05. The van der Waals surface area contributed by atoms with E-state index in [9.17, 15) is 9.18 Å². The number of halogens is 1. The van der Waals surface area contributed by atoms with Crippen LogP contribution in [0.5, 0.6) is 0 Å². The van der Waals surface area contributed by atoms with Crippen molar-refractivity contribution in [3.8, 4) is 11.2 Å². The first-order valence-electron chi connectivity index (χ1n) is 6.68. The molecule has 23 heavy (non-hydrogen) atoms. The summed E-state index contributed by atoms with van der Waals surface area (Å²) < 4.78 is 16.9. The van der Waals surface area contributed by atoms with Gasteiger partial charge in [0.05, 0.1) is 0 Å². The van der Waals surface area contributed by atoms with Crippen LogP contribution in [0.15, 0.2) is 29.4 Å². The topological polar surface area (TPSA) is 66.9 Å². The fourth-order valence-electron chi connectivity index (χ4n) is 1.32. The highest BCUT2D eigenvalue weighted by Crippen LogP contribution is 2.20. The molecule has 0 bridgehead atoms. The standard InChI is InChI=1S/C15H15FN4OS2/c1-15(2,3)8-9-22-14-19-13(23-20-14)18-12(21)17-11-6-4-10(16)5-7-11/h4-7H,1-3H3,(H2,17,18,19,20,21). The van der Waals surface area contributed by atoms with E-state index in [0.717, 1.165) is 11.5 Å². The summed E-state index contributed by atoms with van der Waals surface area (Å²) >= 11 is 2.28. The van der Waals surface area contributed by atoms with Gasteiger partial charge in [-0.1, -0.05) is 5.92 Å². The maximum absolute atomic E-state index is 12.8. The van der Waals surface area contributed by atoms with Crippen molar-refractivity contribution >= 4 is 40.1 Å². The smallest absolute Gasteiger partial charge is 0.308 e. The number of thioether (sulfide) groups is 1. The lowest BCUT2D eigenvalue weighted by Crippen LogP contribution is -2.19. The van der Waals surface area contributed by atoms with Gasteiger partial charge in [0.25, 0.3) is 0 Å². The van der Waals surface area contributed by atoms with E-state index in [1.807, 2.05) is 20.8 Å². The van der Waals surface area contributed by atoms with E-state index in [4.69, 9.17) is 0 Å². The third kappa shape index (κ3) is 6.26. The summed E-state index contributed by atoms with van der Waals surface area (Å²) in [5.41, 5.74) is 0.401. The number of nitrogens with zero attached hydrogens (tertiary/aromatic N) is 2. The number of amides is 2. The normalized spacial score (nSPS) is 10.6. The van der Waals surface area contributed by atoms with Crippen LogP contribution in [0, 0.1) is 22.4 Å². The average molecular weight is 350 g/mol. The minimum atomic E-state index is -0.468. The predicted octanol–water partition coefficient (Wildman–Crippen LogP) is 4.42. The zero-order chi connectivity index (χ0) is 16.9. The van der Waals surface area contributed by atoms with E-state index in [1.165, 1.54) is 36.0 Å². The monoisotopic (exact) mass is 350 g/mol. The molecule has 0 fully saturated rings. The lowest BCUT2D eigenvalue weighted by Gasteiger charge is -2.05. The average Bonchev–Trinajstić information content (AvgIpc) is 2.87. The molecule has 0 saturated carbocycles. The van der Waals surface area contributed by atoms with Gasteiger partial charge in [0.15, 0.2) is 0 Å². The molecule has 0 aliphatic rings. The van der Waals surface area contributed by atoms with Crippen LogP contribution in [0.2, 0.25) is 0 Å². The quantitative estimate of drug-likeness (QED) is 0.635. The van der Waals surface area contributed by atoms with Gasteiger partial charge in [0.1, 0.15) is 5.82 Å². The molecule has 0 aliphatic heterocycles. The van der Waals surface area contributed by atoms with Gasteiger partial charge in [0, 0.05) is 34.4 Å². The van der Waals surface area contributed by atoms with E-state index in [2.05, 4.69) is 31.2 Å². The molecule has 2 rings (SSSR count). The first kappa shape index (κ1) is 17.2. The van der Waals surface area contributed by atoms with Crippen molar-refractivity contribution in [2.24, 2.45) is 5.41 Å². The Morgan fingerprint density at radius 2 is 1.96 bits per heavy atom. The van der Waals surface area contributed by atoms with E-state index >= 15 is 0 Å². The number of hydrogen-bond donors (Lipinski definition) is 2. The maximum atomic E-state index is 12.8. The molecule has 2 amide bonds. The second kappa shape index (κ2) is 7.44. The van der Waals surface area contributed by atoms with Gasteiger partial charge in [-0.3, -0.25) is 5.32 Å². The highest BCUT2D eigenvalue weighted by molar-refractivity contribution is 8.03. The molecule has 120 valence electrons. The molecule has 2 N–H and O–H groups in total. The maximum Gasteiger partial charge on any atom is 0.325 e. The van der Waals surface area contributed by atoms with Gasteiger partial charge in [-0.25, -0.2) is 9.18 Å². The number of aromatic nitrogens is 2. The highest BCUT2D eigenvalue weighted by atomic mass is 32.2. The van der Waals surface area contributed by atoms with Crippen molar-refractivity contribution in [1.29, 1.82) is 0 Å². The molecular formula is C15H15FN4OS2. The second-order valence-corrected chi connectivity index (χ2v) is 7.07. The molecular weight excluding hydrogens is 335 g/mol. The van der Waals surface area contributed by atoms with Gasteiger partial charge >= 0.3 is 6.03 Å². The Morgan fingerprint density at radius 1 is 1.26 bits per heavy atom. The predicted molar refractivity (Wildman–Crippen MR) is 92.0 cm³/mol. The molecule has 2 aromatic rings. The molecule has 0 saturated heterocycles. The number of carbonyl (C=O) groups excluding carboxylic acids is 1. The summed E-state index contributed by atoms with van der Waals surface area (Å²) in [6.07, 6.45) is 0. The molecule has 1 aromatic carbocycles. The third-order valence-corrected chi connectivity index (χ3v) is 3.61. The first-order chi connectivity index (χ1) is 10.8. The Morgan fingerprint density at radius 3 is 2.61 bits per heavy atom. The molecule has 1 heterocycles. The lowest BCUT2D eigenvalue weighted by molar-refractivity contribution is 0.262. The van der Waals surface area contributed by atoms with Gasteiger partial charge in [-0.15, -0.1) is 0 Å².